The third kappa shape index (κ3) is 4.40. The number of amides is 1. The molecule has 0 unspecified atom stereocenters. The summed E-state index contributed by atoms with van der Waals surface area (Å²) in [5, 5.41) is 3.27. The highest BCUT2D eigenvalue weighted by Gasteiger charge is 2.23. The van der Waals surface area contributed by atoms with Crippen LogP contribution in [0.5, 0.6) is 0 Å². The lowest BCUT2D eigenvalue weighted by Crippen LogP contribution is -2.46. The first-order valence-electron chi connectivity index (χ1n) is 9.72. The van der Waals surface area contributed by atoms with Crippen LogP contribution in [-0.2, 0) is 22.5 Å². The number of fused-ring (bicyclic) bond motifs is 2. The van der Waals surface area contributed by atoms with Crippen LogP contribution in [0.3, 0.4) is 0 Å². The Balaban J connectivity index is 1.85. The number of rotatable bonds is 3. The number of carbonyl (C=O) groups excluding carboxylic acids is 2. The van der Waals surface area contributed by atoms with E-state index in [1.54, 1.807) is 22.8 Å². The second-order valence-corrected chi connectivity index (χ2v) is 8.31. The molecule has 0 saturated carbocycles. The fourth-order valence-corrected chi connectivity index (χ4v) is 3.30. The number of nitrogens with zero attached hydrogens (tertiary/aromatic N) is 2. The quantitative estimate of drug-likeness (QED) is 0.820. The van der Waals surface area contributed by atoms with Crippen LogP contribution >= 0.6 is 0 Å². The maximum Gasteiger partial charge on any atom is 0.338 e. The van der Waals surface area contributed by atoms with Gasteiger partial charge in [0.25, 0.3) is 11.5 Å². The van der Waals surface area contributed by atoms with Crippen LogP contribution in [-0.4, -0.2) is 33.1 Å². The SMILES string of the molecule is C[C@@H](OC(=O)c1ccc2c(=O)n3c(nc2c1)CCCCC3)C(=O)NC(C)(C)C. The second kappa shape index (κ2) is 7.73. The van der Waals surface area contributed by atoms with E-state index in [0.717, 1.165) is 31.5 Å². The molecule has 1 aliphatic rings. The van der Waals surface area contributed by atoms with Gasteiger partial charge in [0.2, 0.25) is 0 Å². The molecule has 2 heterocycles. The third-order valence-electron chi connectivity index (χ3n) is 4.70. The Morgan fingerprint density at radius 1 is 1.21 bits per heavy atom. The topological polar surface area (TPSA) is 90.3 Å². The van der Waals surface area contributed by atoms with E-state index in [0.29, 0.717) is 17.4 Å². The maximum atomic E-state index is 12.8. The highest BCUT2D eigenvalue weighted by Crippen LogP contribution is 2.17. The van der Waals surface area contributed by atoms with Gasteiger partial charge in [0.1, 0.15) is 5.82 Å². The average molecular weight is 385 g/mol. The summed E-state index contributed by atoms with van der Waals surface area (Å²) in [5.41, 5.74) is 0.275. The summed E-state index contributed by atoms with van der Waals surface area (Å²) in [4.78, 5) is 42.0. The standard InChI is InChI=1S/C21H27N3O4/c1-13(18(25)23-21(2,3)4)28-20(27)14-9-10-15-16(12-14)22-17-8-6-5-7-11-24(17)19(15)26/h9-10,12-13H,5-8,11H2,1-4H3,(H,23,25)/t13-/m1/s1. The molecule has 0 saturated heterocycles. The highest BCUT2D eigenvalue weighted by atomic mass is 16.5. The lowest BCUT2D eigenvalue weighted by Gasteiger charge is -2.23. The molecule has 0 radical (unpaired) electrons. The molecule has 0 spiro atoms. The van der Waals surface area contributed by atoms with Crippen LogP contribution in [0.2, 0.25) is 0 Å². The van der Waals surface area contributed by atoms with E-state index in [1.165, 1.54) is 6.92 Å². The zero-order chi connectivity index (χ0) is 20.5. The molecule has 1 aromatic carbocycles. The fourth-order valence-electron chi connectivity index (χ4n) is 3.30. The van der Waals surface area contributed by atoms with Crippen LogP contribution in [0.25, 0.3) is 10.9 Å². The van der Waals surface area contributed by atoms with Crippen LogP contribution in [0.1, 0.15) is 63.1 Å². The summed E-state index contributed by atoms with van der Waals surface area (Å²) >= 11 is 0. The van der Waals surface area contributed by atoms with Crippen LogP contribution < -0.4 is 10.9 Å². The Kier molecular flexibility index (Phi) is 5.54. The maximum absolute atomic E-state index is 12.8. The minimum Gasteiger partial charge on any atom is -0.449 e. The number of hydrogen-bond donors (Lipinski definition) is 1. The van der Waals surface area contributed by atoms with E-state index in [2.05, 4.69) is 10.3 Å². The number of ether oxygens (including phenoxy) is 1. The largest absolute Gasteiger partial charge is 0.449 e. The van der Waals surface area contributed by atoms with Crippen molar-refractivity contribution >= 4 is 22.8 Å². The molecule has 3 rings (SSSR count). The number of carbonyl (C=O) groups is 2. The van der Waals surface area contributed by atoms with Crippen LogP contribution in [0.4, 0.5) is 0 Å². The van der Waals surface area contributed by atoms with Crippen molar-refractivity contribution in [2.24, 2.45) is 0 Å². The Hall–Kier alpha value is -2.70. The Morgan fingerprint density at radius 2 is 1.96 bits per heavy atom. The molecule has 7 heteroatoms. The number of aromatic nitrogens is 2. The summed E-state index contributed by atoms with van der Waals surface area (Å²) in [6.45, 7) is 7.79. The van der Waals surface area contributed by atoms with Crippen molar-refractivity contribution in [3.05, 3.63) is 39.9 Å². The van der Waals surface area contributed by atoms with Gasteiger partial charge in [0.15, 0.2) is 6.10 Å². The number of aryl methyl sites for hydroxylation is 1. The van der Waals surface area contributed by atoms with E-state index in [9.17, 15) is 14.4 Å². The first-order chi connectivity index (χ1) is 13.2. The zero-order valence-electron chi connectivity index (χ0n) is 16.9. The smallest absolute Gasteiger partial charge is 0.338 e. The molecule has 1 atom stereocenters. The summed E-state index contributed by atoms with van der Waals surface area (Å²) < 4.78 is 7.04. The summed E-state index contributed by atoms with van der Waals surface area (Å²) in [6, 6.07) is 4.73. The van der Waals surface area contributed by atoms with E-state index < -0.39 is 17.6 Å². The molecule has 28 heavy (non-hydrogen) atoms. The van der Waals surface area contributed by atoms with E-state index in [4.69, 9.17) is 4.74 Å². The highest BCUT2D eigenvalue weighted by molar-refractivity contribution is 5.95. The van der Waals surface area contributed by atoms with Gasteiger partial charge in [-0.1, -0.05) is 6.42 Å². The van der Waals surface area contributed by atoms with Crippen molar-refractivity contribution in [3.63, 3.8) is 0 Å². The fraction of sp³-hybridized carbons (Fsp3) is 0.524. The van der Waals surface area contributed by atoms with Gasteiger partial charge in [-0.3, -0.25) is 14.2 Å². The van der Waals surface area contributed by atoms with Crippen LogP contribution in [0.15, 0.2) is 23.0 Å². The normalized spacial score (nSPS) is 15.4. The molecule has 1 N–H and O–H groups in total. The van der Waals surface area contributed by atoms with Gasteiger partial charge < -0.3 is 10.1 Å². The summed E-state index contributed by atoms with van der Waals surface area (Å²) in [6.07, 6.45) is 2.88. The first kappa shape index (κ1) is 20.0. The van der Waals surface area contributed by atoms with Crippen LogP contribution in [0, 0.1) is 0 Å². The minimum absolute atomic E-state index is 0.0697. The molecular formula is C21H27N3O4. The molecule has 0 bridgehead atoms. The number of benzene rings is 1. The zero-order valence-corrected chi connectivity index (χ0v) is 16.9. The molecular weight excluding hydrogens is 358 g/mol. The van der Waals surface area contributed by atoms with Gasteiger partial charge in [-0.25, -0.2) is 9.78 Å². The van der Waals surface area contributed by atoms with Crippen molar-refractivity contribution < 1.29 is 14.3 Å². The summed E-state index contributed by atoms with van der Waals surface area (Å²) in [5.74, 6) is -0.211. The monoisotopic (exact) mass is 385 g/mol. The van der Waals surface area contributed by atoms with E-state index >= 15 is 0 Å². The van der Waals surface area contributed by atoms with Gasteiger partial charge in [-0.05, 0) is 58.7 Å². The van der Waals surface area contributed by atoms with Gasteiger partial charge in [0, 0.05) is 18.5 Å². The molecule has 150 valence electrons. The Labute approximate surface area is 164 Å². The molecule has 1 aromatic heterocycles. The van der Waals surface area contributed by atoms with Crippen molar-refractivity contribution in [3.8, 4) is 0 Å². The molecule has 1 aliphatic heterocycles. The van der Waals surface area contributed by atoms with Gasteiger partial charge in [0.05, 0.1) is 16.5 Å². The van der Waals surface area contributed by atoms with Gasteiger partial charge >= 0.3 is 5.97 Å². The van der Waals surface area contributed by atoms with Gasteiger partial charge in [-0.2, -0.15) is 0 Å². The van der Waals surface area contributed by atoms with Crippen molar-refractivity contribution in [1.29, 1.82) is 0 Å². The molecule has 0 fully saturated rings. The number of hydrogen-bond acceptors (Lipinski definition) is 5. The predicted octanol–water partition coefficient (Wildman–Crippen LogP) is 2.58. The molecule has 0 aliphatic carbocycles. The van der Waals surface area contributed by atoms with Gasteiger partial charge in [-0.15, -0.1) is 0 Å². The third-order valence-corrected chi connectivity index (χ3v) is 4.70. The minimum atomic E-state index is -0.923. The van der Waals surface area contributed by atoms with E-state index in [1.807, 2.05) is 20.8 Å². The Bertz CT molecular complexity index is 972. The first-order valence-corrected chi connectivity index (χ1v) is 9.72. The van der Waals surface area contributed by atoms with E-state index in [-0.39, 0.29) is 17.0 Å². The lowest BCUT2D eigenvalue weighted by molar-refractivity contribution is -0.130. The average Bonchev–Trinajstić information content (AvgIpc) is 2.85. The predicted molar refractivity (Wildman–Crippen MR) is 106 cm³/mol. The van der Waals surface area contributed by atoms with Crippen molar-refractivity contribution in [2.75, 3.05) is 0 Å². The summed E-state index contributed by atoms with van der Waals surface area (Å²) in [7, 11) is 0. The molecule has 1 amide bonds. The second-order valence-electron chi connectivity index (χ2n) is 8.31. The van der Waals surface area contributed by atoms with Crippen molar-refractivity contribution in [2.45, 2.75) is 71.6 Å². The number of esters is 1. The molecule has 2 aromatic rings. The lowest BCUT2D eigenvalue weighted by atomic mass is 10.1. The molecule has 7 nitrogen and oxygen atoms in total. The Morgan fingerprint density at radius 3 is 2.68 bits per heavy atom. The number of nitrogens with one attached hydrogen (secondary N) is 1. The van der Waals surface area contributed by atoms with Crippen molar-refractivity contribution in [1.82, 2.24) is 14.9 Å².